The van der Waals surface area contributed by atoms with Crippen LogP contribution in [0.25, 0.3) is 10.1 Å². The number of carbonyl (C=O) groups excluding carboxylic acids is 2. The Balaban J connectivity index is 1.50. The van der Waals surface area contributed by atoms with E-state index in [1.165, 1.54) is 25.9 Å². The van der Waals surface area contributed by atoms with Gasteiger partial charge in [-0.15, -0.1) is 11.3 Å². The van der Waals surface area contributed by atoms with Crippen molar-refractivity contribution in [3.8, 4) is 0 Å². The molecule has 4 heterocycles. The molecule has 0 saturated carbocycles. The molecule has 0 spiro atoms. The molecule has 5 rings (SSSR count). The summed E-state index contributed by atoms with van der Waals surface area (Å²) in [5, 5.41) is 1.12. The van der Waals surface area contributed by atoms with Crippen molar-refractivity contribution in [2.45, 2.75) is 32.6 Å². The van der Waals surface area contributed by atoms with Gasteiger partial charge in [0.2, 0.25) is 0 Å². The fourth-order valence-electron chi connectivity index (χ4n) is 4.27. The van der Waals surface area contributed by atoms with Crippen molar-refractivity contribution >= 4 is 33.0 Å². The van der Waals surface area contributed by atoms with Gasteiger partial charge in [0.1, 0.15) is 5.78 Å². The highest BCUT2D eigenvalue weighted by molar-refractivity contribution is 7.20. The molecule has 1 aromatic carbocycles. The minimum Gasteiger partial charge on any atom is -0.303 e. The highest BCUT2D eigenvalue weighted by Crippen LogP contribution is 2.36. The smallest absolute Gasteiger partial charge is 0.173 e. The monoisotopic (exact) mass is 341 g/mol. The van der Waals surface area contributed by atoms with Crippen molar-refractivity contribution < 1.29 is 9.59 Å². The number of piperidine rings is 3. The van der Waals surface area contributed by atoms with E-state index in [0.717, 1.165) is 33.0 Å². The number of rotatable bonds is 5. The second-order valence-electron chi connectivity index (χ2n) is 7.39. The van der Waals surface area contributed by atoms with Gasteiger partial charge in [0, 0.05) is 24.1 Å². The van der Waals surface area contributed by atoms with Crippen LogP contribution < -0.4 is 0 Å². The maximum atomic E-state index is 12.8. The average Bonchev–Trinajstić information content (AvgIpc) is 2.99. The molecule has 1 aromatic heterocycles. The van der Waals surface area contributed by atoms with Gasteiger partial charge in [-0.3, -0.25) is 9.59 Å². The molecule has 3 saturated heterocycles. The molecule has 2 bridgehead atoms. The van der Waals surface area contributed by atoms with Crippen molar-refractivity contribution in [3.05, 3.63) is 34.7 Å². The minimum absolute atomic E-state index is 0.171. The lowest BCUT2D eigenvalue weighted by Crippen LogP contribution is -2.47. The summed E-state index contributed by atoms with van der Waals surface area (Å²) in [7, 11) is 0. The van der Waals surface area contributed by atoms with Crippen LogP contribution in [0, 0.1) is 11.8 Å². The molecule has 3 aliphatic rings. The average molecular weight is 341 g/mol. The molecule has 3 aliphatic heterocycles. The standard InChI is InChI=1S/C20H23NO2S/c1-13(22)8-14-2-3-16-11-20(24-19(16)9-14)18(23)10-17-12-21-6-4-15(17)5-7-21/h2-3,9,11,15,17H,4-8,10,12H2,1H3/t17-/m0/s1. The molecule has 0 N–H and O–H groups in total. The number of hydrogen-bond donors (Lipinski definition) is 0. The van der Waals surface area contributed by atoms with E-state index in [-0.39, 0.29) is 5.78 Å². The van der Waals surface area contributed by atoms with Gasteiger partial charge in [-0.2, -0.15) is 0 Å². The van der Waals surface area contributed by atoms with Gasteiger partial charge in [-0.1, -0.05) is 12.1 Å². The SMILES string of the molecule is CC(=O)Cc1ccc2cc(C(=O)C[C@H]3CN4CCC3CC4)sc2c1. The quantitative estimate of drug-likeness (QED) is 0.773. The first-order chi connectivity index (χ1) is 11.6. The summed E-state index contributed by atoms with van der Waals surface area (Å²) >= 11 is 1.58. The Morgan fingerprint density at radius 1 is 1.21 bits per heavy atom. The molecular weight excluding hydrogens is 318 g/mol. The van der Waals surface area contributed by atoms with E-state index >= 15 is 0 Å². The maximum absolute atomic E-state index is 12.8. The number of benzene rings is 1. The second-order valence-corrected chi connectivity index (χ2v) is 8.47. The first-order valence-corrected chi connectivity index (χ1v) is 9.67. The Kier molecular flexibility index (Phi) is 4.27. The molecule has 1 atom stereocenters. The summed E-state index contributed by atoms with van der Waals surface area (Å²) in [6, 6.07) is 8.13. The van der Waals surface area contributed by atoms with Gasteiger partial charge >= 0.3 is 0 Å². The molecule has 4 heteroatoms. The van der Waals surface area contributed by atoms with E-state index in [9.17, 15) is 9.59 Å². The lowest BCUT2D eigenvalue weighted by molar-refractivity contribution is -0.116. The number of Topliss-reactive ketones (excluding diaryl/α,β-unsaturated/α-hetero) is 2. The molecule has 3 fully saturated rings. The van der Waals surface area contributed by atoms with Gasteiger partial charge in [-0.05, 0) is 67.8 Å². The van der Waals surface area contributed by atoms with Crippen LogP contribution in [0.3, 0.4) is 0 Å². The van der Waals surface area contributed by atoms with E-state index in [2.05, 4.69) is 11.0 Å². The number of thiophene rings is 1. The summed E-state index contributed by atoms with van der Waals surface area (Å²) in [4.78, 5) is 27.4. The van der Waals surface area contributed by atoms with Crippen molar-refractivity contribution in [3.63, 3.8) is 0 Å². The molecule has 0 aliphatic carbocycles. The predicted octanol–water partition coefficient (Wildman–Crippen LogP) is 3.95. The number of fused-ring (bicyclic) bond motifs is 4. The number of ketones is 2. The van der Waals surface area contributed by atoms with Gasteiger partial charge in [-0.25, -0.2) is 0 Å². The lowest BCUT2D eigenvalue weighted by Gasteiger charge is -2.44. The van der Waals surface area contributed by atoms with Crippen LogP contribution in [0.2, 0.25) is 0 Å². The normalized spacial score (nSPS) is 26.0. The zero-order chi connectivity index (χ0) is 16.7. The molecule has 126 valence electrons. The minimum atomic E-state index is 0.171. The Hall–Kier alpha value is -1.52. The van der Waals surface area contributed by atoms with E-state index in [1.54, 1.807) is 18.3 Å². The van der Waals surface area contributed by atoms with Crippen LogP contribution in [0.4, 0.5) is 0 Å². The largest absolute Gasteiger partial charge is 0.303 e. The summed E-state index contributed by atoms with van der Waals surface area (Å²) in [6.45, 7) is 5.15. The van der Waals surface area contributed by atoms with Gasteiger partial charge in [0.15, 0.2) is 5.78 Å². The highest BCUT2D eigenvalue weighted by atomic mass is 32.1. The third kappa shape index (κ3) is 3.17. The molecule has 0 radical (unpaired) electrons. The van der Waals surface area contributed by atoms with E-state index in [0.29, 0.717) is 24.5 Å². The lowest BCUT2D eigenvalue weighted by atomic mass is 9.76. The zero-order valence-corrected chi connectivity index (χ0v) is 14.9. The Labute approximate surface area is 146 Å². The van der Waals surface area contributed by atoms with E-state index in [4.69, 9.17) is 0 Å². The van der Waals surface area contributed by atoms with Crippen LogP contribution in [0.1, 0.15) is 41.4 Å². The zero-order valence-electron chi connectivity index (χ0n) is 14.1. The summed E-state index contributed by atoms with van der Waals surface area (Å²) in [5.41, 5.74) is 1.04. The van der Waals surface area contributed by atoms with Gasteiger partial charge in [0.25, 0.3) is 0 Å². The fourth-order valence-corrected chi connectivity index (χ4v) is 5.34. The van der Waals surface area contributed by atoms with Crippen molar-refractivity contribution in [2.24, 2.45) is 11.8 Å². The topological polar surface area (TPSA) is 37.4 Å². The summed E-state index contributed by atoms with van der Waals surface area (Å²) < 4.78 is 1.12. The van der Waals surface area contributed by atoms with Crippen molar-refractivity contribution in [2.75, 3.05) is 19.6 Å². The van der Waals surface area contributed by atoms with Crippen LogP contribution >= 0.6 is 11.3 Å². The first kappa shape index (κ1) is 16.0. The van der Waals surface area contributed by atoms with Crippen LogP contribution in [-0.4, -0.2) is 36.1 Å². The van der Waals surface area contributed by atoms with Gasteiger partial charge in [0.05, 0.1) is 4.88 Å². The third-order valence-electron chi connectivity index (χ3n) is 5.55. The first-order valence-electron chi connectivity index (χ1n) is 8.86. The van der Waals surface area contributed by atoms with Crippen molar-refractivity contribution in [1.82, 2.24) is 4.90 Å². The Morgan fingerprint density at radius 3 is 2.67 bits per heavy atom. The van der Waals surface area contributed by atoms with Crippen LogP contribution in [0.15, 0.2) is 24.3 Å². The Bertz CT molecular complexity index is 786. The van der Waals surface area contributed by atoms with Crippen LogP contribution in [-0.2, 0) is 11.2 Å². The second kappa shape index (κ2) is 6.41. The van der Waals surface area contributed by atoms with Gasteiger partial charge < -0.3 is 4.90 Å². The Morgan fingerprint density at radius 2 is 2.00 bits per heavy atom. The van der Waals surface area contributed by atoms with E-state index < -0.39 is 0 Å². The fraction of sp³-hybridized carbons (Fsp3) is 0.500. The summed E-state index contributed by atoms with van der Waals surface area (Å²) in [6.07, 6.45) is 3.68. The van der Waals surface area contributed by atoms with E-state index in [1.807, 2.05) is 18.2 Å². The molecular formula is C20H23NO2S. The molecule has 0 amide bonds. The molecule has 3 nitrogen and oxygen atoms in total. The summed E-state index contributed by atoms with van der Waals surface area (Å²) in [5.74, 6) is 1.75. The number of hydrogen-bond acceptors (Lipinski definition) is 4. The molecule has 24 heavy (non-hydrogen) atoms. The molecule has 0 unspecified atom stereocenters. The van der Waals surface area contributed by atoms with Crippen molar-refractivity contribution in [1.29, 1.82) is 0 Å². The maximum Gasteiger partial charge on any atom is 0.173 e. The van der Waals surface area contributed by atoms with Crippen LogP contribution in [0.5, 0.6) is 0 Å². The highest BCUT2D eigenvalue weighted by Gasteiger charge is 2.35. The number of carbonyl (C=O) groups is 2. The predicted molar refractivity (Wildman–Crippen MR) is 97.8 cm³/mol. The molecule has 2 aromatic rings. The number of nitrogens with zero attached hydrogens (tertiary/aromatic N) is 1. The third-order valence-corrected chi connectivity index (χ3v) is 6.69.